The van der Waals surface area contributed by atoms with Gasteiger partial charge >= 0.3 is 0 Å². The molecule has 0 atom stereocenters. The first kappa shape index (κ1) is 15.5. The van der Waals surface area contributed by atoms with Crippen LogP contribution in [0.2, 0.25) is 0 Å². The number of sulfonamides is 1. The van der Waals surface area contributed by atoms with Gasteiger partial charge in [0.25, 0.3) is 0 Å². The zero-order valence-corrected chi connectivity index (χ0v) is 13.2. The average molecular weight is 296 g/mol. The van der Waals surface area contributed by atoms with Crippen molar-refractivity contribution < 1.29 is 8.42 Å². The Morgan fingerprint density at radius 3 is 2.55 bits per heavy atom. The highest BCUT2D eigenvalue weighted by Gasteiger charge is 2.16. The summed E-state index contributed by atoms with van der Waals surface area (Å²) in [5.41, 5.74) is 1.88. The zero-order chi connectivity index (χ0) is 14.6. The van der Waals surface area contributed by atoms with Gasteiger partial charge in [0.2, 0.25) is 10.0 Å². The lowest BCUT2D eigenvalue weighted by atomic mass is 10.2. The topological polar surface area (TPSA) is 49.4 Å². The molecule has 0 radical (unpaired) electrons. The SMILES string of the molecule is Cc1ccc(S(=O)(=O)NCCCN2CCCC2)c(C)c1. The summed E-state index contributed by atoms with van der Waals surface area (Å²) in [6.45, 7) is 7.61. The zero-order valence-electron chi connectivity index (χ0n) is 12.4. The summed E-state index contributed by atoms with van der Waals surface area (Å²) in [5, 5.41) is 0. The minimum atomic E-state index is -3.37. The van der Waals surface area contributed by atoms with Crippen molar-refractivity contribution in [3.8, 4) is 0 Å². The van der Waals surface area contributed by atoms with Crippen molar-refractivity contribution in [3.05, 3.63) is 29.3 Å². The van der Waals surface area contributed by atoms with Crippen LogP contribution in [0.4, 0.5) is 0 Å². The summed E-state index contributed by atoms with van der Waals surface area (Å²) < 4.78 is 27.2. The Balaban J connectivity index is 1.87. The van der Waals surface area contributed by atoms with Crippen molar-refractivity contribution in [2.45, 2.75) is 38.0 Å². The number of aryl methyl sites for hydroxylation is 2. The first-order valence-corrected chi connectivity index (χ1v) is 8.77. The Kier molecular flexibility index (Phi) is 5.18. The predicted octanol–water partition coefficient (Wildman–Crippen LogP) is 2.07. The molecule has 4 nitrogen and oxygen atoms in total. The van der Waals surface area contributed by atoms with E-state index < -0.39 is 10.0 Å². The summed E-state index contributed by atoms with van der Waals surface area (Å²) in [5.74, 6) is 0. The van der Waals surface area contributed by atoms with Gasteiger partial charge in [0.1, 0.15) is 0 Å². The minimum Gasteiger partial charge on any atom is -0.303 e. The van der Waals surface area contributed by atoms with Crippen molar-refractivity contribution in [1.29, 1.82) is 0 Å². The summed E-state index contributed by atoms with van der Waals surface area (Å²) in [4.78, 5) is 2.79. The molecule has 0 amide bonds. The van der Waals surface area contributed by atoms with E-state index in [1.165, 1.54) is 12.8 Å². The Bertz CT molecular complexity index is 549. The lowest BCUT2D eigenvalue weighted by Gasteiger charge is -2.15. The fraction of sp³-hybridized carbons (Fsp3) is 0.600. The first-order chi connectivity index (χ1) is 9.49. The lowest BCUT2D eigenvalue weighted by molar-refractivity contribution is 0.334. The number of likely N-dealkylation sites (tertiary alicyclic amines) is 1. The van der Waals surface area contributed by atoms with Crippen LogP contribution in [0.1, 0.15) is 30.4 Å². The molecule has 20 heavy (non-hydrogen) atoms. The maximum absolute atomic E-state index is 12.2. The van der Waals surface area contributed by atoms with Crippen LogP contribution in [0.15, 0.2) is 23.1 Å². The third-order valence-corrected chi connectivity index (χ3v) is 5.38. The van der Waals surface area contributed by atoms with Gasteiger partial charge in [-0.2, -0.15) is 0 Å². The second kappa shape index (κ2) is 6.70. The summed E-state index contributed by atoms with van der Waals surface area (Å²) in [6.07, 6.45) is 3.41. The van der Waals surface area contributed by atoms with E-state index in [2.05, 4.69) is 9.62 Å². The molecule has 1 aliphatic heterocycles. The Labute approximate surface area is 122 Å². The summed E-state index contributed by atoms with van der Waals surface area (Å²) in [6, 6.07) is 5.43. The Hall–Kier alpha value is -0.910. The number of rotatable bonds is 6. The van der Waals surface area contributed by atoms with Gasteiger partial charge in [-0.25, -0.2) is 13.1 Å². The van der Waals surface area contributed by atoms with Crippen LogP contribution in [-0.4, -0.2) is 39.5 Å². The van der Waals surface area contributed by atoms with Gasteiger partial charge in [-0.15, -0.1) is 0 Å². The van der Waals surface area contributed by atoms with Gasteiger partial charge in [-0.05, 0) is 64.4 Å². The molecule has 0 unspecified atom stereocenters. The molecule has 0 aliphatic carbocycles. The van der Waals surface area contributed by atoms with Gasteiger partial charge in [-0.1, -0.05) is 17.7 Å². The molecule has 1 fully saturated rings. The van der Waals surface area contributed by atoms with E-state index in [0.717, 1.165) is 37.2 Å². The highest BCUT2D eigenvalue weighted by atomic mass is 32.2. The molecule has 1 aromatic rings. The van der Waals surface area contributed by atoms with Crippen molar-refractivity contribution >= 4 is 10.0 Å². The molecule has 0 aromatic heterocycles. The quantitative estimate of drug-likeness (QED) is 0.818. The molecule has 5 heteroatoms. The molecule has 1 saturated heterocycles. The normalized spacial score (nSPS) is 16.7. The van der Waals surface area contributed by atoms with Crippen LogP contribution in [0, 0.1) is 13.8 Å². The highest BCUT2D eigenvalue weighted by molar-refractivity contribution is 7.89. The van der Waals surface area contributed by atoms with E-state index in [0.29, 0.717) is 11.4 Å². The maximum atomic E-state index is 12.2. The monoisotopic (exact) mass is 296 g/mol. The van der Waals surface area contributed by atoms with E-state index in [4.69, 9.17) is 0 Å². The molecule has 112 valence electrons. The predicted molar refractivity (Wildman–Crippen MR) is 81.4 cm³/mol. The maximum Gasteiger partial charge on any atom is 0.240 e. The van der Waals surface area contributed by atoms with E-state index in [1.54, 1.807) is 6.07 Å². The highest BCUT2D eigenvalue weighted by Crippen LogP contribution is 2.16. The van der Waals surface area contributed by atoms with Crippen LogP contribution in [0.3, 0.4) is 0 Å². The van der Waals surface area contributed by atoms with E-state index in [9.17, 15) is 8.42 Å². The van der Waals surface area contributed by atoms with E-state index >= 15 is 0 Å². The van der Waals surface area contributed by atoms with Crippen LogP contribution >= 0.6 is 0 Å². The molecule has 1 aliphatic rings. The largest absolute Gasteiger partial charge is 0.303 e. The van der Waals surface area contributed by atoms with Crippen LogP contribution in [-0.2, 0) is 10.0 Å². The van der Waals surface area contributed by atoms with Crippen molar-refractivity contribution in [2.75, 3.05) is 26.2 Å². The van der Waals surface area contributed by atoms with Crippen molar-refractivity contribution in [1.82, 2.24) is 9.62 Å². The van der Waals surface area contributed by atoms with Crippen molar-refractivity contribution in [2.24, 2.45) is 0 Å². The molecular formula is C15H24N2O2S. The Morgan fingerprint density at radius 2 is 1.90 bits per heavy atom. The van der Waals surface area contributed by atoms with Gasteiger partial charge in [0.15, 0.2) is 0 Å². The van der Waals surface area contributed by atoms with Crippen LogP contribution in [0.5, 0.6) is 0 Å². The number of nitrogens with one attached hydrogen (secondary N) is 1. The number of hydrogen-bond acceptors (Lipinski definition) is 3. The third kappa shape index (κ3) is 4.04. The van der Waals surface area contributed by atoms with Crippen LogP contribution < -0.4 is 4.72 Å². The third-order valence-electron chi connectivity index (χ3n) is 3.76. The first-order valence-electron chi connectivity index (χ1n) is 7.28. The lowest BCUT2D eigenvalue weighted by Crippen LogP contribution is -2.29. The molecule has 1 heterocycles. The molecule has 0 saturated carbocycles. The van der Waals surface area contributed by atoms with Crippen LogP contribution in [0.25, 0.3) is 0 Å². The minimum absolute atomic E-state index is 0.393. The fourth-order valence-corrected chi connectivity index (χ4v) is 3.99. The molecule has 1 N–H and O–H groups in total. The average Bonchev–Trinajstić information content (AvgIpc) is 2.87. The summed E-state index contributed by atoms with van der Waals surface area (Å²) >= 11 is 0. The molecule has 1 aromatic carbocycles. The number of hydrogen-bond donors (Lipinski definition) is 1. The number of benzene rings is 1. The van der Waals surface area contributed by atoms with E-state index in [1.807, 2.05) is 26.0 Å². The molecule has 2 rings (SSSR count). The van der Waals surface area contributed by atoms with Crippen molar-refractivity contribution in [3.63, 3.8) is 0 Å². The standard InChI is InChI=1S/C15H24N2O2S/c1-13-6-7-15(14(2)12-13)20(18,19)16-8-5-11-17-9-3-4-10-17/h6-7,12,16H,3-5,8-11H2,1-2H3. The second-order valence-electron chi connectivity index (χ2n) is 5.57. The molecular weight excluding hydrogens is 272 g/mol. The Morgan fingerprint density at radius 1 is 1.20 bits per heavy atom. The van der Waals surface area contributed by atoms with E-state index in [-0.39, 0.29) is 0 Å². The van der Waals surface area contributed by atoms with Gasteiger partial charge in [0.05, 0.1) is 4.90 Å². The fourth-order valence-electron chi connectivity index (χ4n) is 2.69. The number of nitrogens with zero attached hydrogens (tertiary/aromatic N) is 1. The van der Waals surface area contributed by atoms with Gasteiger partial charge in [-0.3, -0.25) is 0 Å². The molecule has 0 spiro atoms. The van der Waals surface area contributed by atoms with Gasteiger partial charge in [0, 0.05) is 6.54 Å². The molecule has 0 bridgehead atoms. The second-order valence-corrected chi connectivity index (χ2v) is 7.30. The van der Waals surface area contributed by atoms with Gasteiger partial charge < -0.3 is 4.90 Å². The smallest absolute Gasteiger partial charge is 0.240 e. The summed E-state index contributed by atoms with van der Waals surface area (Å²) in [7, 11) is -3.37.